The van der Waals surface area contributed by atoms with Gasteiger partial charge in [0.15, 0.2) is 0 Å². The topological polar surface area (TPSA) is 64.4 Å². The van der Waals surface area contributed by atoms with Crippen molar-refractivity contribution in [2.75, 3.05) is 16.8 Å². The normalized spacial score (nSPS) is 11.1. The van der Waals surface area contributed by atoms with E-state index in [1.165, 1.54) is 23.9 Å². The van der Waals surface area contributed by atoms with Crippen molar-refractivity contribution >= 4 is 29.0 Å². The molecular formula is C15H13F3N2O2S. The summed E-state index contributed by atoms with van der Waals surface area (Å²) in [6, 6.07) is 12.0. The Morgan fingerprint density at radius 1 is 1.09 bits per heavy atom. The van der Waals surface area contributed by atoms with Crippen molar-refractivity contribution in [1.82, 2.24) is 0 Å². The summed E-state index contributed by atoms with van der Waals surface area (Å²) in [5.41, 5.74) is 6.60. The van der Waals surface area contributed by atoms with Gasteiger partial charge in [-0.25, -0.2) is 0 Å². The highest BCUT2D eigenvalue weighted by Crippen LogP contribution is 2.24. The van der Waals surface area contributed by atoms with Crippen molar-refractivity contribution in [2.24, 2.45) is 0 Å². The molecule has 0 aliphatic carbocycles. The molecule has 0 radical (unpaired) electrons. The van der Waals surface area contributed by atoms with Crippen LogP contribution in [0.2, 0.25) is 0 Å². The lowest BCUT2D eigenvalue weighted by Gasteiger charge is -2.10. The second kappa shape index (κ2) is 7.28. The number of carbonyl (C=O) groups excluding carboxylic acids is 1. The summed E-state index contributed by atoms with van der Waals surface area (Å²) in [7, 11) is 0. The monoisotopic (exact) mass is 342 g/mol. The second-order valence-electron chi connectivity index (χ2n) is 4.48. The Bertz CT molecular complexity index is 658. The van der Waals surface area contributed by atoms with E-state index >= 15 is 0 Å². The molecule has 2 aromatic rings. The summed E-state index contributed by atoms with van der Waals surface area (Å²) in [5, 5.41) is 2.59. The maximum atomic E-state index is 12.0. The number of benzene rings is 2. The van der Waals surface area contributed by atoms with E-state index in [1.807, 2.05) is 0 Å². The first kappa shape index (κ1) is 17.0. The van der Waals surface area contributed by atoms with Crippen molar-refractivity contribution < 1.29 is 22.7 Å². The summed E-state index contributed by atoms with van der Waals surface area (Å²) >= 11 is 1.33. The maximum Gasteiger partial charge on any atom is 0.573 e. The molecule has 0 unspecified atom stereocenters. The van der Waals surface area contributed by atoms with Gasteiger partial charge in [-0.15, -0.1) is 24.9 Å². The van der Waals surface area contributed by atoms with Crippen LogP contribution in [0, 0.1) is 0 Å². The summed E-state index contributed by atoms with van der Waals surface area (Å²) in [6.07, 6.45) is -4.74. The van der Waals surface area contributed by atoms with Crippen LogP contribution in [0.25, 0.3) is 0 Å². The molecule has 122 valence electrons. The summed E-state index contributed by atoms with van der Waals surface area (Å²) < 4.78 is 39.9. The van der Waals surface area contributed by atoms with Gasteiger partial charge in [0.2, 0.25) is 5.91 Å². The van der Waals surface area contributed by atoms with Crippen LogP contribution in [0.1, 0.15) is 0 Å². The Kier molecular flexibility index (Phi) is 5.38. The summed E-state index contributed by atoms with van der Waals surface area (Å²) in [4.78, 5) is 12.7. The van der Waals surface area contributed by atoms with E-state index in [0.717, 1.165) is 17.0 Å². The highest BCUT2D eigenvalue weighted by molar-refractivity contribution is 8.00. The fourth-order valence-electron chi connectivity index (χ4n) is 1.65. The SMILES string of the molecule is Nc1ccc(SCC(=O)Nc2ccc(OC(F)(F)F)cc2)cc1. The van der Waals surface area contributed by atoms with Crippen molar-refractivity contribution in [3.8, 4) is 5.75 Å². The van der Waals surface area contributed by atoms with Crippen LogP contribution in [0.3, 0.4) is 0 Å². The van der Waals surface area contributed by atoms with Crippen LogP contribution in [0.5, 0.6) is 5.75 Å². The molecule has 23 heavy (non-hydrogen) atoms. The van der Waals surface area contributed by atoms with Gasteiger partial charge in [0, 0.05) is 16.3 Å². The zero-order chi connectivity index (χ0) is 16.9. The number of nitrogen functional groups attached to an aromatic ring is 1. The molecule has 0 aliphatic heterocycles. The Hall–Kier alpha value is -2.35. The average molecular weight is 342 g/mol. The molecule has 8 heteroatoms. The number of carbonyl (C=O) groups is 1. The molecule has 0 heterocycles. The Balaban J connectivity index is 1.84. The molecule has 0 aromatic heterocycles. The van der Waals surface area contributed by atoms with Gasteiger partial charge in [0.05, 0.1) is 5.75 Å². The quantitative estimate of drug-likeness (QED) is 0.639. The Morgan fingerprint density at radius 3 is 2.26 bits per heavy atom. The predicted octanol–water partition coefficient (Wildman–Crippen LogP) is 3.90. The molecule has 0 bridgehead atoms. The molecule has 0 saturated carbocycles. The minimum Gasteiger partial charge on any atom is -0.406 e. The lowest BCUT2D eigenvalue weighted by atomic mass is 10.3. The number of hydrogen-bond acceptors (Lipinski definition) is 4. The van der Waals surface area contributed by atoms with E-state index in [-0.39, 0.29) is 17.4 Å². The number of halogens is 3. The molecule has 2 rings (SSSR count). The smallest absolute Gasteiger partial charge is 0.406 e. The van der Waals surface area contributed by atoms with Crippen LogP contribution in [0.4, 0.5) is 24.5 Å². The highest BCUT2D eigenvalue weighted by atomic mass is 32.2. The van der Waals surface area contributed by atoms with Crippen LogP contribution in [-0.4, -0.2) is 18.0 Å². The van der Waals surface area contributed by atoms with Gasteiger partial charge in [-0.2, -0.15) is 0 Å². The maximum absolute atomic E-state index is 12.0. The average Bonchev–Trinajstić information content (AvgIpc) is 2.47. The van der Waals surface area contributed by atoms with Gasteiger partial charge in [-0.3, -0.25) is 4.79 Å². The molecule has 1 amide bonds. The molecule has 0 spiro atoms. The van der Waals surface area contributed by atoms with Crippen molar-refractivity contribution in [1.29, 1.82) is 0 Å². The van der Waals surface area contributed by atoms with Gasteiger partial charge in [0.25, 0.3) is 0 Å². The minimum atomic E-state index is -4.74. The number of alkyl halides is 3. The first-order valence-electron chi connectivity index (χ1n) is 6.46. The van der Waals surface area contributed by atoms with Crippen molar-refractivity contribution in [3.63, 3.8) is 0 Å². The van der Waals surface area contributed by atoms with Gasteiger partial charge in [0.1, 0.15) is 5.75 Å². The molecule has 0 fully saturated rings. The lowest BCUT2D eigenvalue weighted by Crippen LogP contribution is -2.17. The van der Waals surface area contributed by atoms with Crippen LogP contribution < -0.4 is 15.8 Å². The van der Waals surface area contributed by atoms with Crippen LogP contribution in [-0.2, 0) is 4.79 Å². The summed E-state index contributed by atoms with van der Waals surface area (Å²) in [6.45, 7) is 0. The van der Waals surface area contributed by atoms with E-state index in [2.05, 4.69) is 10.1 Å². The minimum absolute atomic E-state index is 0.171. The standard InChI is InChI=1S/C15H13F3N2O2S/c16-15(17,18)22-12-5-3-11(4-6-12)20-14(21)9-23-13-7-1-10(19)2-8-13/h1-8H,9,19H2,(H,20,21). The van der Waals surface area contributed by atoms with Gasteiger partial charge in [-0.1, -0.05) is 0 Å². The van der Waals surface area contributed by atoms with E-state index < -0.39 is 6.36 Å². The molecule has 0 saturated heterocycles. The molecule has 3 N–H and O–H groups in total. The molecule has 4 nitrogen and oxygen atoms in total. The summed E-state index contributed by atoms with van der Waals surface area (Å²) in [5.74, 6) is -0.437. The van der Waals surface area contributed by atoms with Crippen molar-refractivity contribution in [3.05, 3.63) is 48.5 Å². The third-order valence-electron chi connectivity index (χ3n) is 2.62. The molecule has 0 atom stereocenters. The Labute approximate surface area is 134 Å². The number of nitrogens with one attached hydrogen (secondary N) is 1. The van der Waals surface area contributed by atoms with Gasteiger partial charge < -0.3 is 15.8 Å². The highest BCUT2D eigenvalue weighted by Gasteiger charge is 2.30. The Morgan fingerprint density at radius 2 is 1.70 bits per heavy atom. The molecule has 0 aliphatic rings. The van der Waals surface area contributed by atoms with Crippen molar-refractivity contribution in [2.45, 2.75) is 11.3 Å². The van der Waals surface area contributed by atoms with E-state index in [4.69, 9.17) is 5.73 Å². The number of hydrogen-bond donors (Lipinski definition) is 2. The predicted molar refractivity (Wildman–Crippen MR) is 83.3 cm³/mol. The van der Waals surface area contributed by atoms with Gasteiger partial charge >= 0.3 is 6.36 Å². The fraction of sp³-hybridized carbons (Fsp3) is 0.133. The first-order valence-corrected chi connectivity index (χ1v) is 7.44. The van der Waals surface area contributed by atoms with Gasteiger partial charge in [-0.05, 0) is 48.5 Å². The van der Waals surface area contributed by atoms with E-state index in [0.29, 0.717) is 11.4 Å². The van der Waals surface area contributed by atoms with Crippen LogP contribution in [0.15, 0.2) is 53.4 Å². The number of anilines is 2. The molecular weight excluding hydrogens is 329 g/mol. The molecule has 2 aromatic carbocycles. The number of ether oxygens (including phenoxy) is 1. The number of thioether (sulfide) groups is 1. The first-order chi connectivity index (χ1) is 10.8. The lowest BCUT2D eigenvalue weighted by molar-refractivity contribution is -0.274. The fourth-order valence-corrected chi connectivity index (χ4v) is 2.35. The van der Waals surface area contributed by atoms with Crippen LogP contribution >= 0.6 is 11.8 Å². The van der Waals surface area contributed by atoms with E-state index in [1.54, 1.807) is 24.3 Å². The zero-order valence-corrected chi connectivity index (χ0v) is 12.6. The number of amides is 1. The second-order valence-corrected chi connectivity index (χ2v) is 5.53. The number of rotatable bonds is 5. The van der Waals surface area contributed by atoms with E-state index in [9.17, 15) is 18.0 Å². The zero-order valence-electron chi connectivity index (χ0n) is 11.8. The third-order valence-corrected chi connectivity index (χ3v) is 3.63. The third kappa shape index (κ3) is 6.11. The number of nitrogens with two attached hydrogens (primary N) is 1. The largest absolute Gasteiger partial charge is 0.573 e.